The summed E-state index contributed by atoms with van der Waals surface area (Å²) in [4.78, 5) is 24.3. The number of rotatable bonds is 7. The van der Waals surface area contributed by atoms with Crippen LogP contribution in [0.25, 0.3) is 0 Å². The molecular weight excluding hydrogens is 416 g/mol. The zero-order chi connectivity index (χ0) is 19.8. The number of nitrogens with one attached hydrogen (secondary N) is 2. The highest BCUT2D eigenvalue weighted by atomic mass is 79.9. The molecule has 0 radical (unpaired) electrons. The van der Waals surface area contributed by atoms with E-state index in [2.05, 4.69) is 26.8 Å². The first-order valence-electron chi connectivity index (χ1n) is 8.22. The summed E-state index contributed by atoms with van der Waals surface area (Å²) in [5.74, 6) is 0.346. The summed E-state index contributed by atoms with van der Waals surface area (Å²) in [6.07, 6.45) is -0.0958. The minimum absolute atomic E-state index is 0.0958. The summed E-state index contributed by atoms with van der Waals surface area (Å²) in [7, 11) is 1.51. The van der Waals surface area contributed by atoms with Crippen molar-refractivity contribution in [2.24, 2.45) is 0 Å². The second-order valence-electron chi connectivity index (χ2n) is 5.75. The number of ether oxygens (including phenoxy) is 3. The molecule has 0 aliphatic heterocycles. The lowest BCUT2D eigenvalue weighted by molar-refractivity contribution is -0.123. The van der Waals surface area contributed by atoms with Gasteiger partial charge in [0.25, 0.3) is 11.8 Å². The molecule has 0 unspecified atom stereocenters. The number of amides is 2. The van der Waals surface area contributed by atoms with Crippen LogP contribution in [0.2, 0.25) is 0 Å². The second kappa shape index (κ2) is 9.82. The number of benzene rings is 2. The maximum atomic E-state index is 12.4. The van der Waals surface area contributed by atoms with Crippen molar-refractivity contribution >= 4 is 27.7 Å². The monoisotopic (exact) mass is 436 g/mol. The Hall–Kier alpha value is -2.74. The zero-order valence-corrected chi connectivity index (χ0v) is 16.8. The van der Waals surface area contributed by atoms with Crippen LogP contribution in [-0.4, -0.2) is 31.6 Å². The van der Waals surface area contributed by atoms with Gasteiger partial charge in [-0.25, -0.2) is 0 Å². The highest BCUT2D eigenvalue weighted by Crippen LogP contribution is 2.26. The molecule has 27 heavy (non-hydrogen) atoms. The van der Waals surface area contributed by atoms with Crippen molar-refractivity contribution in [1.82, 2.24) is 10.9 Å². The van der Waals surface area contributed by atoms with Gasteiger partial charge in [-0.15, -0.1) is 0 Å². The Morgan fingerprint density at radius 3 is 2.41 bits per heavy atom. The van der Waals surface area contributed by atoms with Gasteiger partial charge in [-0.2, -0.15) is 0 Å². The molecule has 0 fully saturated rings. The second-order valence-corrected chi connectivity index (χ2v) is 6.66. The van der Waals surface area contributed by atoms with E-state index in [0.29, 0.717) is 22.8 Å². The number of halogens is 1. The van der Waals surface area contributed by atoms with Gasteiger partial charge in [0.1, 0.15) is 5.75 Å². The Kier molecular flexibility index (Phi) is 7.48. The maximum Gasteiger partial charge on any atom is 0.276 e. The van der Waals surface area contributed by atoms with E-state index in [4.69, 9.17) is 14.2 Å². The number of hydrogen-bond acceptors (Lipinski definition) is 5. The Morgan fingerprint density at radius 2 is 1.74 bits per heavy atom. The summed E-state index contributed by atoms with van der Waals surface area (Å²) in [6.45, 7) is 3.44. The van der Waals surface area contributed by atoms with Gasteiger partial charge >= 0.3 is 0 Å². The fraction of sp³-hybridized carbons (Fsp3) is 0.263. The molecule has 0 atom stereocenters. The number of carbonyl (C=O) groups excluding carboxylic acids is 2. The molecule has 0 aliphatic carbocycles. The number of hydrogen-bond donors (Lipinski definition) is 2. The quantitative estimate of drug-likeness (QED) is 0.651. The van der Waals surface area contributed by atoms with Crippen LogP contribution in [0.15, 0.2) is 46.9 Å². The molecule has 2 rings (SSSR count). The predicted molar refractivity (Wildman–Crippen MR) is 104 cm³/mol. The van der Waals surface area contributed by atoms with Crippen LogP contribution in [0, 0.1) is 0 Å². The van der Waals surface area contributed by atoms with Crippen LogP contribution in [0.4, 0.5) is 0 Å². The van der Waals surface area contributed by atoms with Crippen LogP contribution in [0.1, 0.15) is 24.2 Å². The summed E-state index contributed by atoms with van der Waals surface area (Å²) in [5, 5.41) is 0. The first kappa shape index (κ1) is 20.6. The van der Waals surface area contributed by atoms with Crippen molar-refractivity contribution in [3.05, 3.63) is 52.5 Å². The molecule has 0 heterocycles. The lowest BCUT2D eigenvalue weighted by Crippen LogP contribution is -2.44. The Morgan fingerprint density at radius 1 is 1.04 bits per heavy atom. The lowest BCUT2D eigenvalue weighted by Gasteiger charge is -2.15. The number of carbonyl (C=O) groups is 2. The molecule has 8 heteroatoms. The smallest absolute Gasteiger partial charge is 0.276 e. The van der Waals surface area contributed by atoms with Gasteiger partial charge in [-0.1, -0.05) is 28.1 Å². The van der Waals surface area contributed by atoms with Crippen molar-refractivity contribution in [2.45, 2.75) is 20.0 Å². The predicted octanol–water partition coefficient (Wildman–Crippen LogP) is 3.08. The van der Waals surface area contributed by atoms with E-state index in [-0.39, 0.29) is 12.7 Å². The lowest BCUT2D eigenvalue weighted by atomic mass is 10.2. The molecular formula is C19H21BrN2O5. The molecule has 2 aromatic carbocycles. The molecule has 0 bridgehead atoms. The fourth-order valence-corrected chi connectivity index (χ4v) is 2.51. The summed E-state index contributed by atoms with van der Waals surface area (Å²) in [6, 6.07) is 12.0. The molecule has 2 amide bonds. The Balaban J connectivity index is 1.93. The van der Waals surface area contributed by atoms with Crippen LogP contribution in [0.5, 0.6) is 17.2 Å². The van der Waals surface area contributed by atoms with E-state index >= 15 is 0 Å². The molecule has 0 saturated heterocycles. The van der Waals surface area contributed by atoms with Crippen molar-refractivity contribution in [2.75, 3.05) is 13.7 Å². The molecule has 2 aromatic rings. The van der Waals surface area contributed by atoms with E-state index in [1.165, 1.54) is 7.11 Å². The number of hydrazine groups is 1. The molecule has 2 N–H and O–H groups in total. The van der Waals surface area contributed by atoms with Gasteiger partial charge in [0, 0.05) is 4.47 Å². The Bertz CT molecular complexity index is 810. The normalized spacial score (nSPS) is 10.3. The average molecular weight is 437 g/mol. The molecule has 0 saturated carbocycles. The first-order chi connectivity index (χ1) is 12.9. The molecule has 7 nitrogen and oxygen atoms in total. The third kappa shape index (κ3) is 6.18. The standard InChI is InChI=1S/C19H21BrN2O5/c1-12(2)27-15-9-8-13(20)10-14(15)19(24)22-21-18(23)11-26-17-7-5-4-6-16(17)25-3/h4-10,12H,11H2,1-3H3,(H,21,23)(H,22,24). The molecule has 144 valence electrons. The number of methoxy groups -OCH3 is 1. The van der Waals surface area contributed by atoms with Gasteiger partial charge in [0.2, 0.25) is 0 Å². The number of para-hydroxylation sites is 2. The highest BCUT2D eigenvalue weighted by molar-refractivity contribution is 9.10. The van der Waals surface area contributed by atoms with Gasteiger partial charge < -0.3 is 14.2 Å². The topological polar surface area (TPSA) is 85.9 Å². The van der Waals surface area contributed by atoms with Gasteiger partial charge in [0.15, 0.2) is 18.1 Å². The SMILES string of the molecule is COc1ccccc1OCC(=O)NNC(=O)c1cc(Br)ccc1OC(C)C. The highest BCUT2D eigenvalue weighted by Gasteiger charge is 2.15. The van der Waals surface area contributed by atoms with Crippen molar-refractivity contribution in [3.63, 3.8) is 0 Å². The van der Waals surface area contributed by atoms with Gasteiger partial charge in [0.05, 0.1) is 18.8 Å². The molecule has 0 aromatic heterocycles. The van der Waals surface area contributed by atoms with Gasteiger partial charge in [-0.3, -0.25) is 20.4 Å². The average Bonchev–Trinajstić information content (AvgIpc) is 2.65. The maximum absolute atomic E-state index is 12.4. The Labute approximate surface area is 166 Å². The van der Waals surface area contributed by atoms with Crippen LogP contribution >= 0.6 is 15.9 Å². The van der Waals surface area contributed by atoms with Crippen LogP contribution < -0.4 is 25.1 Å². The third-order valence-electron chi connectivity index (χ3n) is 3.29. The third-order valence-corrected chi connectivity index (χ3v) is 3.79. The summed E-state index contributed by atoms with van der Waals surface area (Å²) < 4.78 is 16.9. The van der Waals surface area contributed by atoms with E-state index in [9.17, 15) is 9.59 Å². The van der Waals surface area contributed by atoms with Gasteiger partial charge in [-0.05, 0) is 44.2 Å². The minimum Gasteiger partial charge on any atom is -0.493 e. The van der Waals surface area contributed by atoms with E-state index in [1.807, 2.05) is 13.8 Å². The van der Waals surface area contributed by atoms with E-state index in [1.54, 1.807) is 42.5 Å². The zero-order valence-electron chi connectivity index (χ0n) is 15.2. The van der Waals surface area contributed by atoms with Crippen molar-refractivity contribution in [1.29, 1.82) is 0 Å². The summed E-state index contributed by atoms with van der Waals surface area (Å²) in [5.41, 5.74) is 4.96. The largest absolute Gasteiger partial charge is 0.493 e. The minimum atomic E-state index is -0.518. The first-order valence-corrected chi connectivity index (χ1v) is 9.01. The van der Waals surface area contributed by atoms with Crippen LogP contribution in [-0.2, 0) is 4.79 Å². The summed E-state index contributed by atoms with van der Waals surface area (Å²) >= 11 is 3.32. The van der Waals surface area contributed by atoms with E-state index < -0.39 is 11.8 Å². The fourth-order valence-electron chi connectivity index (χ4n) is 2.15. The van der Waals surface area contributed by atoms with E-state index in [0.717, 1.165) is 4.47 Å². The van der Waals surface area contributed by atoms with Crippen molar-refractivity contribution < 1.29 is 23.8 Å². The molecule has 0 spiro atoms. The van der Waals surface area contributed by atoms with Crippen molar-refractivity contribution in [3.8, 4) is 17.2 Å². The van der Waals surface area contributed by atoms with Crippen LogP contribution in [0.3, 0.4) is 0 Å². The molecule has 0 aliphatic rings.